The van der Waals surface area contributed by atoms with Gasteiger partial charge in [0.25, 0.3) is 0 Å². The quantitative estimate of drug-likeness (QED) is 0.767. The molecule has 1 fully saturated rings. The second-order valence-corrected chi connectivity index (χ2v) is 6.78. The van der Waals surface area contributed by atoms with E-state index in [9.17, 15) is 9.59 Å². The van der Waals surface area contributed by atoms with E-state index in [1.807, 2.05) is 20.8 Å². The number of nitrogens with one attached hydrogen (secondary N) is 1. The fourth-order valence-electron chi connectivity index (χ4n) is 1.86. The van der Waals surface area contributed by atoms with E-state index in [2.05, 4.69) is 19.2 Å². The van der Waals surface area contributed by atoms with Crippen molar-refractivity contribution >= 4 is 11.9 Å². The van der Waals surface area contributed by atoms with Gasteiger partial charge in [0.05, 0.1) is 6.42 Å². The first kappa shape index (κ1) is 15.0. The zero-order valence-corrected chi connectivity index (χ0v) is 12.1. The standard InChI is InChI=1S/C14H25NO3/c1-13(2,3)18-12(17)7-6-11(16)15-9-10-8-14(10,4)5/h10H,6-9H2,1-5H3,(H,15,16). The van der Waals surface area contributed by atoms with Crippen LogP contribution in [0.5, 0.6) is 0 Å². The summed E-state index contributed by atoms with van der Waals surface area (Å²) >= 11 is 0. The van der Waals surface area contributed by atoms with Gasteiger partial charge in [-0.15, -0.1) is 0 Å². The molecule has 1 saturated carbocycles. The van der Waals surface area contributed by atoms with E-state index in [1.165, 1.54) is 6.42 Å². The van der Waals surface area contributed by atoms with Crippen molar-refractivity contribution in [2.45, 2.75) is 59.5 Å². The van der Waals surface area contributed by atoms with Crippen LogP contribution in [0.25, 0.3) is 0 Å². The summed E-state index contributed by atoms with van der Waals surface area (Å²) in [4.78, 5) is 23.0. The molecular formula is C14H25NO3. The van der Waals surface area contributed by atoms with Gasteiger partial charge in [0.1, 0.15) is 5.60 Å². The molecule has 0 aliphatic heterocycles. The van der Waals surface area contributed by atoms with E-state index in [4.69, 9.17) is 4.74 Å². The van der Waals surface area contributed by atoms with Crippen molar-refractivity contribution in [1.82, 2.24) is 5.32 Å². The summed E-state index contributed by atoms with van der Waals surface area (Å²) in [6.45, 7) is 10.6. The van der Waals surface area contributed by atoms with Crippen LogP contribution in [0.4, 0.5) is 0 Å². The third-order valence-electron chi connectivity index (χ3n) is 3.24. The normalized spacial score (nSPS) is 21.3. The summed E-state index contributed by atoms with van der Waals surface area (Å²) in [5, 5.41) is 2.87. The Kier molecular flexibility index (Phi) is 4.41. The maximum absolute atomic E-state index is 11.5. The van der Waals surface area contributed by atoms with Crippen LogP contribution in [-0.2, 0) is 14.3 Å². The van der Waals surface area contributed by atoms with Gasteiger partial charge in [0.15, 0.2) is 0 Å². The van der Waals surface area contributed by atoms with Crippen molar-refractivity contribution in [2.24, 2.45) is 11.3 Å². The molecule has 0 aromatic rings. The van der Waals surface area contributed by atoms with Crippen LogP contribution < -0.4 is 5.32 Å². The number of hydrogen-bond donors (Lipinski definition) is 1. The lowest BCUT2D eigenvalue weighted by Gasteiger charge is -2.19. The van der Waals surface area contributed by atoms with Crippen LogP contribution in [0, 0.1) is 11.3 Å². The molecule has 1 amide bonds. The van der Waals surface area contributed by atoms with Crippen molar-refractivity contribution < 1.29 is 14.3 Å². The van der Waals surface area contributed by atoms with E-state index in [0.29, 0.717) is 11.3 Å². The fourth-order valence-corrected chi connectivity index (χ4v) is 1.86. The molecule has 0 heterocycles. The fraction of sp³-hybridized carbons (Fsp3) is 0.857. The number of ether oxygens (including phenoxy) is 1. The molecule has 0 aromatic carbocycles. The monoisotopic (exact) mass is 255 g/mol. The topological polar surface area (TPSA) is 55.4 Å². The molecule has 0 bridgehead atoms. The second-order valence-electron chi connectivity index (χ2n) is 6.78. The smallest absolute Gasteiger partial charge is 0.306 e. The Morgan fingerprint density at radius 1 is 1.28 bits per heavy atom. The van der Waals surface area contributed by atoms with Gasteiger partial charge in [0.2, 0.25) is 5.91 Å². The highest BCUT2D eigenvalue weighted by Gasteiger charge is 2.45. The molecule has 0 aromatic heterocycles. The van der Waals surface area contributed by atoms with Gasteiger partial charge in [-0.1, -0.05) is 13.8 Å². The minimum absolute atomic E-state index is 0.0661. The average Bonchev–Trinajstić information content (AvgIpc) is 2.78. The number of hydrogen-bond acceptors (Lipinski definition) is 3. The first-order valence-corrected chi connectivity index (χ1v) is 6.59. The molecule has 4 nitrogen and oxygen atoms in total. The zero-order valence-electron chi connectivity index (χ0n) is 12.1. The highest BCUT2D eigenvalue weighted by Crippen LogP contribution is 2.50. The highest BCUT2D eigenvalue weighted by molar-refractivity contribution is 5.81. The molecule has 1 aliphatic carbocycles. The number of rotatable bonds is 5. The molecule has 1 aliphatic rings. The van der Waals surface area contributed by atoms with Gasteiger partial charge >= 0.3 is 5.97 Å². The summed E-state index contributed by atoms with van der Waals surface area (Å²) in [7, 11) is 0. The Morgan fingerprint density at radius 2 is 1.83 bits per heavy atom. The van der Waals surface area contributed by atoms with Crippen LogP contribution in [0.1, 0.15) is 53.9 Å². The first-order valence-electron chi connectivity index (χ1n) is 6.59. The van der Waals surface area contributed by atoms with Gasteiger partial charge in [-0.25, -0.2) is 0 Å². The van der Waals surface area contributed by atoms with E-state index in [-0.39, 0.29) is 24.7 Å². The Balaban J connectivity index is 2.12. The lowest BCUT2D eigenvalue weighted by molar-refractivity contribution is -0.155. The molecule has 1 rings (SSSR count). The van der Waals surface area contributed by atoms with Crippen LogP contribution >= 0.6 is 0 Å². The van der Waals surface area contributed by atoms with E-state index >= 15 is 0 Å². The number of esters is 1. The summed E-state index contributed by atoms with van der Waals surface area (Å²) in [5.41, 5.74) is -0.107. The predicted octanol–water partition coefficient (Wildman–Crippen LogP) is 2.27. The molecule has 0 saturated heterocycles. The van der Waals surface area contributed by atoms with E-state index < -0.39 is 5.60 Å². The summed E-state index contributed by atoms with van der Waals surface area (Å²) in [6, 6.07) is 0. The minimum Gasteiger partial charge on any atom is -0.460 e. The molecule has 1 unspecified atom stereocenters. The SMILES string of the molecule is CC(C)(C)OC(=O)CCC(=O)NCC1CC1(C)C. The summed E-state index contributed by atoms with van der Waals surface area (Å²) in [5.74, 6) is 0.205. The van der Waals surface area contributed by atoms with Gasteiger partial charge in [0, 0.05) is 13.0 Å². The maximum Gasteiger partial charge on any atom is 0.306 e. The van der Waals surface area contributed by atoms with Crippen LogP contribution in [-0.4, -0.2) is 24.0 Å². The van der Waals surface area contributed by atoms with Crippen molar-refractivity contribution in [3.05, 3.63) is 0 Å². The Bertz CT molecular complexity index is 328. The van der Waals surface area contributed by atoms with Crippen molar-refractivity contribution in [3.63, 3.8) is 0 Å². The van der Waals surface area contributed by atoms with Gasteiger partial charge in [-0.05, 0) is 38.5 Å². The van der Waals surface area contributed by atoms with Gasteiger partial charge < -0.3 is 10.1 Å². The highest BCUT2D eigenvalue weighted by atomic mass is 16.6. The molecule has 1 N–H and O–H groups in total. The number of carbonyl (C=O) groups is 2. The Labute approximate surface area is 109 Å². The molecule has 0 spiro atoms. The third kappa shape index (κ3) is 5.52. The average molecular weight is 255 g/mol. The summed E-state index contributed by atoms with van der Waals surface area (Å²) < 4.78 is 5.14. The molecular weight excluding hydrogens is 230 g/mol. The van der Waals surface area contributed by atoms with E-state index in [0.717, 1.165) is 6.54 Å². The summed E-state index contributed by atoms with van der Waals surface area (Å²) in [6.07, 6.45) is 1.53. The molecule has 1 atom stereocenters. The predicted molar refractivity (Wildman–Crippen MR) is 70.0 cm³/mol. The van der Waals surface area contributed by atoms with Crippen molar-refractivity contribution in [2.75, 3.05) is 6.54 Å². The lowest BCUT2D eigenvalue weighted by atomic mass is 10.1. The maximum atomic E-state index is 11.5. The minimum atomic E-state index is -0.481. The van der Waals surface area contributed by atoms with Gasteiger partial charge in [-0.3, -0.25) is 9.59 Å². The largest absolute Gasteiger partial charge is 0.460 e. The number of amides is 1. The molecule has 104 valence electrons. The Morgan fingerprint density at radius 3 is 2.28 bits per heavy atom. The second kappa shape index (κ2) is 5.29. The van der Waals surface area contributed by atoms with Crippen molar-refractivity contribution in [3.8, 4) is 0 Å². The number of carbonyl (C=O) groups excluding carboxylic acids is 2. The zero-order chi connectivity index (χ0) is 14.0. The van der Waals surface area contributed by atoms with Crippen LogP contribution in [0.15, 0.2) is 0 Å². The van der Waals surface area contributed by atoms with E-state index in [1.54, 1.807) is 0 Å². The van der Waals surface area contributed by atoms with Crippen molar-refractivity contribution in [1.29, 1.82) is 0 Å². The molecule has 0 radical (unpaired) electrons. The first-order chi connectivity index (χ1) is 8.10. The molecule has 18 heavy (non-hydrogen) atoms. The lowest BCUT2D eigenvalue weighted by Crippen LogP contribution is -2.28. The molecule has 4 heteroatoms. The Hall–Kier alpha value is -1.06. The van der Waals surface area contributed by atoms with Crippen LogP contribution in [0.3, 0.4) is 0 Å². The third-order valence-corrected chi connectivity index (χ3v) is 3.24. The van der Waals surface area contributed by atoms with Crippen LogP contribution in [0.2, 0.25) is 0 Å². The van der Waals surface area contributed by atoms with Gasteiger partial charge in [-0.2, -0.15) is 0 Å².